The van der Waals surface area contributed by atoms with E-state index in [2.05, 4.69) is 16.0 Å². The van der Waals surface area contributed by atoms with Gasteiger partial charge in [-0.15, -0.1) is 0 Å². The van der Waals surface area contributed by atoms with Crippen LogP contribution in [-0.4, -0.2) is 23.3 Å². The molecule has 0 fully saturated rings. The van der Waals surface area contributed by atoms with Crippen LogP contribution in [0.25, 0.3) is 0 Å². The predicted molar refractivity (Wildman–Crippen MR) is 122 cm³/mol. The number of nitrogens with zero attached hydrogens (tertiary/aromatic N) is 1. The van der Waals surface area contributed by atoms with E-state index in [-0.39, 0.29) is 12.1 Å². The zero-order valence-electron chi connectivity index (χ0n) is 18.9. The second-order valence-electron chi connectivity index (χ2n) is 9.29. The molecule has 3 N–H and O–H groups in total. The highest BCUT2D eigenvalue weighted by atomic mass is 16.6. The van der Waals surface area contributed by atoms with E-state index < -0.39 is 17.3 Å². The first-order valence-corrected chi connectivity index (χ1v) is 10.3. The topological polar surface area (TPSA) is 112 Å². The van der Waals surface area contributed by atoms with Crippen LogP contribution in [0.2, 0.25) is 0 Å². The molecule has 8 nitrogen and oxygen atoms in total. The molecule has 0 radical (unpaired) electrons. The fourth-order valence-electron chi connectivity index (χ4n) is 3.44. The minimum atomic E-state index is -0.612. The Labute approximate surface area is 187 Å². The smallest absolute Gasteiger partial charge is 0.412 e. The molecule has 3 amide bonds. The average molecular weight is 437 g/mol. The number of nitriles is 1. The number of urea groups is 1. The van der Waals surface area contributed by atoms with E-state index in [1.807, 2.05) is 19.9 Å². The minimum Gasteiger partial charge on any atom is -0.487 e. The minimum absolute atomic E-state index is 0.340. The van der Waals surface area contributed by atoms with Crippen molar-refractivity contribution in [1.82, 2.24) is 5.32 Å². The Morgan fingerprint density at radius 1 is 1.09 bits per heavy atom. The van der Waals surface area contributed by atoms with Gasteiger partial charge in [-0.3, -0.25) is 5.32 Å². The highest BCUT2D eigenvalue weighted by Crippen LogP contribution is 2.40. The number of carbonyl (C=O) groups excluding carboxylic acids is 2. The molecule has 2 aromatic rings. The molecule has 1 aliphatic rings. The number of nitrogens with one attached hydrogen (secondary N) is 3. The van der Waals surface area contributed by atoms with Gasteiger partial charge in [0.2, 0.25) is 0 Å². The molecule has 0 aromatic heterocycles. The van der Waals surface area contributed by atoms with Crippen LogP contribution in [0.5, 0.6) is 5.75 Å². The summed E-state index contributed by atoms with van der Waals surface area (Å²) in [4.78, 5) is 24.8. The lowest BCUT2D eigenvalue weighted by Gasteiger charge is -2.38. The molecule has 0 bridgehead atoms. The second-order valence-corrected chi connectivity index (χ2v) is 9.29. The number of benzene rings is 2. The summed E-state index contributed by atoms with van der Waals surface area (Å²) in [5, 5.41) is 17.4. The van der Waals surface area contributed by atoms with Crippen LogP contribution in [0, 0.1) is 11.3 Å². The first-order valence-electron chi connectivity index (χ1n) is 10.3. The number of fused-ring (bicyclic) bond motifs is 1. The van der Waals surface area contributed by atoms with Crippen LogP contribution >= 0.6 is 0 Å². The maximum absolute atomic E-state index is 12.7. The third-order valence-electron chi connectivity index (χ3n) is 4.69. The van der Waals surface area contributed by atoms with E-state index in [9.17, 15) is 9.59 Å². The number of carbonyl (C=O) groups is 2. The highest BCUT2D eigenvalue weighted by molar-refractivity contribution is 5.90. The molecule has 1 aliphatic heterocycles. The second kappa shape index (κ2) is 8.79. The fourth-order valence-corrected chi connectivity index (χ4v) is 3.44. The number of ether oxygens (including phenoxy) is 2. The van der Waals surface area contributed by atoms with Crippen molar-refractivity contribution in [3.05, 3.63) is 53.6 Å². The molecule has 0 aliphatic carbocycles. The zero-order chi connectivity index (χ0) is 23.5. The molecule has 1 unspecified atom stereocenters. The van der Waals surface area contributed by atoms with Gasteiger partial charge < -0.3 is 20.1 Å². The van der Waals surface area contributed by atoms with Gasteiger partial charge >= 0.3 is 12.1 Å². The van der Waals surface area contributed by atoms with Gasteiger partial charge in [0.1, 0.15) is 17.0 Å². The van der Waals surface area contributed by atoms with Crippen LogP contribution in [0.3, 0.4) is 0 Å². The molecule has 168 valence electrons. The van der Waals surface area contributed by atoms with Gasteiger partial charge in [0, 0.05) is 23.4 Å². The Kier molecular flexibility index (Phi) is 6.30. The van der Waals surface area contributed by atoms with Crippen LogP contribution < -0.4 is 20.7 Å². The molecule has 1 heterocycles. The van der Waals surface area contributed by atoms with E-state index in [1.54, 1.807) is 63.2 Å². The summed E-state index contributed by atoms with van der Waals surface area (Å²) < 4.78 is 11.4. The van der Waals surface area contributed by atoms with E-state index >= 15 is 0 Å². The fraction of sp³-hybridized carbons (Fsp3) is 0.375. The van der Waals surface area contributed by atoms with E-state index in [4.69, 9.17) is 14.7 Å². The first kappa shape index (κ1) is 22.9. The Hall–Kier alpha value is -3.73. The van der Waals surface area contributed by atoms with Gasteiger partial charge in [-0.2, -0.15) is 5.26 Å². The number of anilines is 2. The summed E-state index contributed by atoms with van der Waals surface area (Å²) >= 11 is 0. The van der Waals surface area contributed by atoms with E-state index in [1.165, 1.54) is 0 Å². The summed E-state index contributed by atoms with van der Waals surface area (Å²) in [6, 6.07) is 13.2. The molecule has 8 heteroatoms. The molecule has 32 heavy (non-hydrogen) atoms. The van der Waals surface area contributed by atoms with Crippen molar-refractivity contribution in [1.29, 1.82) is 5.26 Å². The number of hydrogen-bond donors (Lipinski definition) is 3. The zero-order valence-corrected chi connectivity index (χ0v) is 18.9. The lowest BCUT2D eigenvalue weighted by molar-refractivity contribution is 0.0631. The molecule has 0 spiro atoms. The molecule has 0 saturated carbocycles. The quantitative estimate of drug-likeness (QED) is 0.602. The third kappa shape index (κ3) is 6.14. The van der Waals surface area contributed by atoms with E-state index in [0.29, 0.717) is 29.1 Å². The van der Waals surface area contributed by atoms with Crippen LogP contribution in [0.1, 0.15) is 58.2 Å². The Bertz CT molecular complexity index is 1050. The van der Waals surface area contributed by atoms with Crippen molar-refractivity contribution in [2.24, 2.45) is 0 Å². The lowest BCUT2D eigenvalue weighted by atomic mass is 9.89. The maximum Gasteiger partial charge on any atom is 0.412 e. The summed E-state index contributed by atoms with van der Waals surface area (Å²) in [7, 11) is 0. The average Bonchev–Trinajstić information content (AvgIpc) is 2.67. The van der Waals surface area contributed by atoms with Gasteiger partial charge in [-0.25, -0.2) is 9.59 Å². The Balaban J connectivity index is 1.76. The SMILES string of the molecule is CC(C)(C)OC(=O)Nc1ccc2c(c1)C(NC(=O)Nc1ccc(C#N)cc1)CC(C)(C)O2. The summed E-state index contributed by atoms with van der Waals surface area (Å²) in [6.45, 7) is 9.29. The van der Waals surface area contributed by atoms with Crippen molar-refractivity contribution in [3.63, 3.8) is 0 Å². The van der Waals surface area contributed by atoms with Crippen LogP contribution in [0.15, 0.2) is 42.5 Å². The molecule has 2 aromatic carbocycles. The molecular weight excluding hydrogens is 408 g/mol. The monoisotopic (exact) mass is 436 g/mol. The molecule has 3 rings (SSSR count). The van der Waals surface area contributed by atoms with Gasteiger partial charge in [-0.1, -0.05) is 0 Å². The summed E-state index contributed by atoms with van der Waals surface area (Å²) in [5.74, 6) is 0.639. The highest BCUT2D eigenvalue weighted by Gasteiger charge is 2.35. The van der Waals surface area contributed by atoms with Gasteiger partial charge in [0.15, 0.2) is 0 Å². The number of rotatable bonds is 3. The largest absolute Gasteiger partial charge is 0.487 e. The van der Waals surface area contributed by atoms with Crippen molar-refractivity contribution in [2.75, 3.05) is 10.6 Å². The standard InChI is InChI=1S/C24H28N4O4/c1-23(2,3)32-22(30)27-17-10-11-20-18(12-17)19(13-24(4,5)31-20)28-21(29)26-16-8-6-15(14-25)7-9-16/h6-12,19H,13H2,1-5H3,(H,27,30)(H2,26,28,29). The van der Waals surface area contributed by atoms with E-state index in [0.717, 1.165) is 5.56 Å². The van der Waals surface area contributed by atoms with Crippen molar-refractivity contribution < 1.29 is 19.1 Å². The third-order valence-corrected chi connectivity index (χ3v) is 4.69. The first-order chi connectivity index (χ1) is 14.9. The maximum atomic E-state index is 12.7. The van der Waals surface area contributed by atoms with Crippen LogP contribution in [0.4, 0.5) is 21.0 Å². The predicted octanol–water partition coefficient (Wildman–Crippen LogP) is 5.33. The van der Waals surface area contributed by atoms with Crippen LogP contribution in [-0.2, 0) is 4.74 Å². The normalized spacial score (nSPS) is 16.6. The van der Waals surface area contributed by atoms with Gasteiger partial charge in [0.05, 0.1) is 17.7 Å². The van der Waals surface area contributed by atoms with Gasteiger partial charge in [0.25, 0.3) is 0 Å². The lowest BCUT2D eigenvalue weighted by Crippen LogP contribution is -2.42. The Morgan fingerprint density at radius 3 is 2.38 bits per heavy atom. The van der Waals surface area contributed by atoms with Gasteiger partial charge in [-0.05, 0) is 77.1 Å². The van der Waals surface area contributed by atoms with Crippen molar-refractivity contribution in [3.8, 4) is 11.8 Å². The van der Waals surface area contributed by atoms with Crippen molar-refractivity contribution in [2.45, 2.75) is 58.3 Å². The summed E-state index contributed by atoms with van der Waals surface area (Å²) in [6.07, 6.45) is -0.0194. The number of hydrogen-bond acceptors (Lipinski definition) is 5. The van der Waals surface area contributed by atoms with Crippen molar-refractivity contribution >= 4 is 23.5 Å². The Morgan fingerprint density at radius 2 is 1.75 bits per heavy atom. The summed E-state index contributed by atoms with van der Waals surface area (Å²) in [5.41, 5.74) is 1.29. The molecular formula is C24H28N4O4. The molecule has 0 saturated heterocycles. The number of amides is 3. The molecule has 1 atom stereocenters.